The largest absolute Gasteiger partial charge is 0.468 e. The zero-order valence-corrected chi connectivity index (χ0v) is 16.3. The van der Waals surface area contributed by atoms with Crippen molar-refractivity contribution >= 4 is 39.3 Å². The van der Waals surface area contributed by atoms with Crippen molar-refractivity contribution in [2.75, 3.05) is 19.8 Å². The van der Waals surface area contributed by atoms with Gasteiger partial charge in [0.05, 0.1) is 11.5 Å². The molecule has 0 saturated heterocycles. The van der Waals surface area contributed by atoms with Gasteiger partial charge in [-0.2, -0.15) is 5.10 Å². The molecule has 0 aromatic carbocycles. The van der Waals surface area contributed by atoms with Gasteiger partial charge in [-0.15, -0.1) is 0 Å². The van der Waals surface area contributed by atoms with E-state index in [1.165, 1.54) is 7.05 Å². The zero-order chi connectivity index (χ0) is 19.2. The molecule has 0 atom stereocenters. The van der Waals surface area contributed by atoms with Crippen LogP contribution in [0, 0.1) is 11.8 Å². The maximum atomic E-state index is 11.8. The molecule has 8 nitrogen and oxygen atoms in total. The highest BCUT2D eigenvalue weighted by atomic mass is 32.2. The number of nitrogens with zero attached hydrogens (tertiary/aromatic N) is 3. The van der Waals surface area contributed by atoms with Crippen molar-refractivity contribution in [3.63, 3.8) is 0 Å². The quantitative estimate of drug-likeness (QED) is 0.650. The van der Waals surface area contributed by atoms with Gasteiger partial charge in [0.25, 0.3) is 0 Å². The Bertz CT molecular complexity index is 982. The molecule has 3 heterocycles. The van der Waals surface area contributed by atoms with Gasteiger partial charge >= 0.3 is 7.05 Å². The van der Waals surface area contributed by atoms with E-state index in [9.17, 15) is 13.4 Å². The first-order valence-electron chi connectivity index (χ1n) is 9.26. The van der Waals surface area contributed by atoms with Crippen molar-refractivity contribution in [2.45, 2.75) is 25.7 Å². The lowest BCUT2D eigenvalue weighted by molar-refractivity contribution is 0.339. The highest BCUT2D eigenvalue weighted by Gasteiger charge is 2.37. The molecule has 0 unspecified atom stereocenters. The number of H-pyrrole nitrogens is 1. The molecule has 0 spiro atoms. The minimum atomic E-state index is -3.18. The van der Waals surface area contributed by atoms with E-state index in [0.717, 1.165) is 53.5 Å². The predicted molar refractivity (Wildman–Crippen MR) is 106 cm³/mol. The van der Waals surface area contributed by atoms with Crippen molar-refractivity contribution in [3.8, 4) is 0 Å². The Kier molecular flexibility index (Phi) is 4.73. The molecule has 2 aromatic heterocycles. The third-order valence-electron chi connectivity index (χ3n) is 5.77. The lowest BCUT2D eigenvalue weighted by atomic mass is 9.67. The van der Waals surface area contributed by atoms with E-state index in [-0.39, 0.29) is 17.6 Å². The van der Waals surface area contributed by atoms with Crippen molar-refractivity contribution in [2.24, 2.45) is 16.9 Å². The van der Waals surface area contributed by atoms with Crippen molar-refractivity contribution in [1.29, 1.82) is 0 Å². The summed E-state index contributed by atoms with van der Waals surface area (Å²) < 4.78 is 26.1. The summed E-state index contributed by atoms with van der Waals surface area (Å²) in [6, 6.07) is 1.97. The minimum absolute atomic E-state index is 0.176. The van der Waals surface area contributed by atoms with Crippen molar-refractivity contribution < 1.29 is 13.4 Å². The average Bonchev–Trinajstić information content (AvgIpc) is 3.13. The van der Waals surface area contributed by atoms with Gasteiger partial charge in [-0.05, 0) is 44.7 Å². The molecule has 1 aliphatic carbocycles. The fourth-order valence-corrected chi connectivity index (χ4v) is 5.38. The third kappa shape index (κ3) is 3.37. The average molecular weight is 389 g/mol. The maximum Gasteiger partial charge on any atom is 0.468 e. The second-order valence-electron chi connectivity index (χ2n) is 7.46. The normalized spacial score (nSPS) is 23.4. The van der Waals surface area contributed by atoms with Crippen molar-refractivity contribution in [3.05, 3.63) is 24.0 Å². The molecule has 1 aliphatic heterocycles. The number of hydrogen-bond acceptors (Lipinski definition) is 6. The van der Waals surface area contributed by atoms with Gasteiger partial charge in [0.1, 0.15) is 5.65 Å². The summed E-state index contributed by atoms with van der Waals surface area (Å²) in [6.07, 6.45) is 7.05. The van der Waals surface area contributed by atoms with Crippen LogP contribution in [0.4, 0.5) is 0 Å². The molecule has 2 aliphatic rings. The summed E-state index contributed by atoms with van der Waals surface area (Å²) >= 11 is 0. The van der Waals surface area contributed by atoms with E-state index in [1.807, 2.05) is 12.3 Å². The highest BCUT2D eigenvalue weighted by molar-refractivity contribution is 7.89. The summed E-state index contributed by atoms with van der Waals surface area (Å²) in [6.45, 7) is 0. The van der Waals surface area contributed by atoms with Crippen LogP contribution in [-0.4, -0.2) is 60.9 Å². The Morgan fingerprint density at radius 2 is 2.11 bits per heavy atom. The van der Waals surface area contributed by atoms with Gasteiger partial charge < -0.3 is 14.9 Å². The van der Waals surface area contributed by atoms with Crippen LogP contribution in [0.1, 0.15) is 31.2 Å². The molecule has 0 radical (unpaired) electrons. The minimum Gasteiger partial charge on any atom is -0.428 e. The number of nitrogens with one attached hydrogen (secondary N) is 2. The predicted octanol–water partition coefficient (Wildman–Crippen LogP) is 0.256. The third-order valence-corrected chi connectivity index (χ3v) is 7.30. The first-order chi connectivity index (χ1) is 12.9. The zero-order valence-electron chi connectivity index (χ0n) is 15.5. The maximum absolute atomic E-state index is 11.8. The van der Waals surface area contributed by atoms with Gasteiger partial charge in [0, 0.05) is 41.8 Å². The molecule has 10 heteroatoms. The standard InChI is InChI=1S/C17H24BN5O3S/c1-19-27(25,26)10-11-3-5-12(6-4-11)16-15-13-7-8-20-17(13)21-9-14(15)18(24)23(2)22-16/h7-9,11-12,19,24H,3-6,10H2,1-2H3,(H,20,21). The Morgan fingerprint density at radius 3 is 2.81 bits per heavy atom. The number of rotatable bonds is 4. The second-order valence-corrected chi connectivity index (χ2v) is 9.44. The molecule has 1 fully saturated rings. The Morgan fingerprint density at radius 1 is 1.37 bits per heavy atom. The number of pyridine rings is 1. The monoisotopic (exact) mass is 389 g/mol. The SMILES string of the molecule is CNS(=O)(=O)CC1CCC(C2=NN(C)B(O)c3cnc4[nH]ccc4c32)CC1. The van der Waals surface area contributed by atoms with Crippen LogP contribution in [-0.2, 0) is 10.0 Å². The summed E-state index contributed by atoms with van der Waals surface area (Å²) in [7, 11) is -0.766. The van der Waals surface area contributed by atoms with E-state index in [0.29, 0.717) is 0 Å². The van der Waals surface area contributed by atoms with E-state index >= 15 is 0 Å². The van der Waals surface area contributed by atoms with Gasteiger partial charge in [0.15, 0.2) is 0 Å². The number of hydrogen-bond donors (Lipinski definition) is 3. The fourth-order valence-electron chi connectivity index (χ4n) is 4.26. The molecule has 2 aromatic rings. The van der Waals surface area contributed by atoms with E-state index in [2.05, 4.69) is 14.7 Å². The van der Waals surface area contributed by atoms with Crippen molar-refractivity contribution in [1.82, 2.24) is 19.6 Å². The van der Waals surface area contributed by atoms with Crippen LogP contribution in [0.15, 0.2) is 23.6 Å². The molecular formula is C17H24BN5O3S. The van der Waals surface area contributed by atoms with Crippen LogP contribution < -0.4 is 10.2 Å². The lowest BCUT2D eigenvalue weighted by Gasteiger charge is -2.34. The molecule has 3 N–H and O–H groups in total. The van der Waals surface area contributed by atoms with Gasteiger partial charge in [0.2, 0.25) is 10.0 Å². The fraction of sp³-hybridized carbons (Fsp3) is 0.529. The van der Waals surface area contributed by atoms with E-state index < -0.39 is 17.1 Å². The summed E-state index contributed by atoms with van der Waals surface area (Å²) in [5, 5.41) is 16.2. The van der Waals surface area contributed by atoms with Gasteiger partial charge in [-0.1, -0.05) is 0 Å². The molecule has 27 heavy (non-hydrogen) atoms. The lowest BCUT2D eigenvalue weighted by Crippen LogP contribution is -2.51. The first kappa shape index (κ1) is 18.5. The van der Waals surface area contributed by atoms with Crippen LogP contribution in [0.25, 0.3) is 11.0 Å². The summed E-state index contributed by atoms with van der Waals surface area (Å²) in [5.74, 6) is 0.604. The van der Waals surface area contributed by atoms with E-state index in [1.54, 1.807) is 18.2 Å². The molecule has 4 rings (SSSR count). The van der Waals surface area contributed by atoms with E-state index in [4.69, 9.17) is 5.10 Å². The second kappa shape index (κ2) is 6.92. The topological polar surface area (TPSA) is 111 Å². The molecule has 1 saturated carbocycles. The smallest absolute Gasteiger partial charge is 0.428 e. The van der Waals surface area contributed by atoms with Crippen LogP contribution >= 0.6 is 0 Å². The van der Waals surface area contributed by atoms with Crippen LogP contribution in [0.2, 0.25) is 0 Å². The molecular weight excluding hydrogens is 365 g/mol. The van der Waals surface area contributed by atoms with Gasteiger partial charge in [-0.3, -0.25) is 0 Å². The number of hydrazone groups is 1. The number of sulfonamides is 1. The molecule has 0 amide bonds. The van der Waals surface area contributed by atoms with Crippen LogP contribution in [0.3, 0.4) is 0 Å². The Labute approximate surface area is 159 Å². The highest BCUT2D eigenvalue weighted by Crippen LogP contribution is 2.34. The van der Waals surface area contributed by atoms with Crippen LogP contribution in [0.5, 0.6) is 0 Å². The number of aromatic amines is 1. The number of aromatic nitrogens is 2. The molecule has 0 bridgehead atoms. The first-order valence-corrected chi connectivity index (χ1v) is 10.9. The Hall–Kier alpha value is -1.91. The Balaban J connectivity index is 1.62. The molecule has 144 valence electrons. The summed E-state index contributed by atoms with van der Waals surface area (Å²) in [5.41, 5.74) is 3.50. The number of fused-ring (bicyclic) bond motifs is 3. The summed E-state index contributed by atoms with van der Waals surface area (Å²) in [4.78, 5) is 9.11. The van der Waals surface area contributed by atoms with Gasteiger partial charge in [-0.25, -0.2) is 18.1 Å².